The van der Waals surface area contributed by atoms with Gasteiger partial charge in [0.15, 0.2) is 0 Å². The van der Waals surface area contributed by atoms with Crippen molar-refractivity contribution in [3.8, 4) is 0 Å². The van der Waals surface area contributed by atoms with E-state index in [0.29, 0.717) is 5.56 Å². The van der Waals surface area contributed by atoms with Crippen molar-refractivity contribution < 1.29 is 17.3 Å². The molecule has 0 aliphatic carbocycles. The topological polar surface area (TPSA) is 49.4 Å². The van der Waals surface area contributed by atoms with Crippen LogP contribution in [0.1, 0.15) is 5.56 Å². The quantitative estimate of drug-likeness (QED) is 0.734. The van der Waals surface area contributed by atoms with Gasteiger partial charge in [0, 0.05) is 5.02 Å². The number of rotatable bonds is 3. The third-order valence-corrected chi connectivity index (χ3v) is 1.99. The van der Waals surface area contributed by atoms with Crippen LogP contribution in [0.25, 0.3) is 0 Å². The van der Waals surface area contributed by atoms with Gasteiger partial charge in [-0.2, -0.15) is 0 Å². The number of hydrogen-bond donors (Lipinski definition) is 0. The van der Waals surface area contributed by atoms with E-state index in [1.165, 1.54) is 12.1 Å². The molecule has 0 N–H and O–H groups in total. The van der Waals surface area contributed by atoms with Gasteiger partial charge in [0.05, 0.1) is 18.0 Å². The molecule has 0 radical (unpaired) electrons. The smallest absolute Gasteiger partial charge is 0.124 e. The molecule has 0 aromatic heterocycles. The summed E-state index contributed by atoms with van der Waals surface area (Å²) in [5, 5.41) is 0.144. The molecule has 0 fully saturated rings. The van der Waals surface area contributed by atoms with Crippen molar-refractivity contribution >= 4 is 23.0 Å². The molecule has 72 valence electrons. The number of hydrogen-bond acceptors (Lipinski definition) is 3. The molecular weight excluding hydrogens is 219 g/mol. The second-order valence-corrected chi connectivity index (χ2v) is 3.25. The lowest BCUT2D eigenvalue weighted by Gasteiger charge is -2.06. The fraction of sp³-hybridized carbons (Fsp3) is 0.143. The first-order chi connectivity index (χ1) is 6.09. The van der Waals surface area contributed by atoms with Gasteiger partial charge >= 0.3 is 0 Å². The second kappa shape index (κ2) is 4.66. The van der Waals surface area contributed by atoms with E-state index in [4.69, 9.17) is 11.6 Å². The normalized spacial score (nSPS) is 12.8. The van der Waals surface area contributed by atoms with E-state index in [9.17, 15) is 13.2 Å². The molecule has 1 rings (SSSR count). The maximum Gasteiger partial charge on any atom is 0.124 e. The highest BCUT2D eigenvalue weighted by molar-refractivity contribution is 7.74. The molecule has 0 amide bonds. The zero-order valence-corrected chi connectivity index (χ0v) is 7.90. The summed E-state index contributed by atoms with van der Waals surface area (Å²) in [6.07, 6.45) is 0. The third-order valence-electron chi connectivity index (χ3n) is 1.33. The van der Waals surface area contributed by atoms with Crippen molar-refractivity contribution in [2.75, 3.05) is 0 Å². The first kappa shape index (κ1) is 10.6. The van der Waals surface area contributed by atoms with E-state index >= 15 is 0 Å². The van der Waals surface area contributed by atoms with E-state index in [0.717, 1.165) is 6.07 Å². The van der Waals surface area contributed by atoms with Crippen LogP contribution in [-0.2, 0) is 22.2 Å². The minimum atomic E-state index is -2.58. The highest BCUT2D eigenvalue weighted by atomic mass is 35.5. The minimum absolute atomic E-state index is 0.144. The summed E-state index contributed by atoms with van der Waals surface area (Å²) in [5.41, 5.74) is 0.423. The molecule has 0 saturated heterocycles. The second-order valence-electron chi connectivity index (χ2n) is 2.20. The molecule has 0 heterocycles. The zero-order chi connectivity index (χ0) is 9.84. The number of halogens is 2. The van der Waals surface area contributed by atoms with Crippen LogP contribution in [0.15, 0.2) is 18.2 Å². The first-order valence-corrected chi connectivity index (χ1v) is 4.64. The summed E-state index contributed by atoms with van der Waals surface area (Å²) in [4.78, 5) is 0. The van der Waals surface area contributed by atoms with Crippen molar-refractivity contribution in [3.63, 3.8) is 0 Å². The van der Waals surface area contributed by atoms with Gasteiger partial charge in [-0.05, 0) is 17.7 Å². The molecule has 0 saturated carbocycles. The summed E-state index contributed by atoms with van der Waals surface area (Å²) >= 11 is 3.01. The van der Waals surface area contributed by atoms with Gasteiger partial charge in [-0.1, -0.05) is 17.7 Å². The first-order valence-electron chi connectivity index (χ1n) is 3.26. The van der Waals surface area contributed by atoms with Gasteiger partial charge in [0.1, 0.15) is 5.82 Å². The monoisotopic (exact) mass is 223 g/mol. The summed E-state index contributed by atoms with van der Waals surface area (Å²) in [5.74, 6) is -0.475. The minimum Gasteiger partial charge on any atom is -0.750 e. The van der Waals surface area contributed by atoms with Gasteiger partial charge in [0.25, 0.3) is 0 Å². The average molecular weight is 224 g/mol. The van der Waals surface area contributed by atoms with Crippen LogP contribution in [0.4, 0.5) is 4.39 Å². The molecule has 3 nitrogen and oxygen atoms in total. The maximum absolute atomic E-state index is 12.5. The van der Waals surface area contributed by atoms with Crippen molar-refractivity contribution in [1.29, 1.82) is 0 Å². The van der Waals surface area contributed by atoms with E-state index in [1.807, 2.05) is 0 Å². The SMILES string of the molecule is O=S([O-])OCc1ccc(F)cc1Cl. The van der Waals surface area contributed by atoms with Crippen LogP contribution >= 0.6 is 11.6 Å². The Morgan fingerprint density at radius 1 is 1.62 bits per heavy atom. The molecule has 0 spiro atoms. The van der Waals surface area contributed by atoms with Crippen LogP contribution in [-0.4, -0.2) is 8.76 Å². The van der Waals surface area contributed by atoms with E-state index in [-0.39, 0.29) is 11.6 Å². The van der Waals surface area contributed by atoms with Crippen LogP contribution in [0.5, 0.6) is 0 Å². The summed E-state index contributed by atoms with van der Waals surface area (Å²) in [7, 11) is 0. The molecule has 0 bridgehead atoms. The van der Waals surface area contributed by atoms with Crippen molar-refractivity contribution in [2.45, 2.75) is 6.61 Å². The van der Waals surface area contributed by atoms with E-state index in [2.05, 4.69) is 4.18 Å². The van der Waals surface area contributed by atoms with Crippen molar-refractivity contribution in [3.05, 3.63) is 34.6 Å². The van der Waals surface area contributed by atoms with Gasteiger partial charge in [-0.3, -0.25) is 4.18 Å². The highest BCUT2D eigenvalue weighted by Crippen LogP contribution is 2.17. The fourth-order valence-corrected chi connectivity index (χ4v) is 1.20. The van der Waals surface area contributed by atoms with Crippen LogP contribution in [0.3, 0.4) is 0 Å². The molecule has 1 atom stereocenters. The third kappa shape index (κ3) is 3.40. The molecule has 0 aliphatic rings. The summed E-state index contributed by atoms with van der Waals surface area (Å²) < 4.78 is 36.8. The molecule has 0 aliphatic heterocycles. The average Bonchev–Trinajstić information content (AvgIpc) is 2.02. The van der Waals surface area contributed by atoms with Gasteiger partial charge in [-0.15, -0.1) is 0 Å². The van der Waals surface area contributed by atoms with Gasteiger partial charge < -0.3 is 4.55 Å². The Morgan fingerprint density at radius 2 is 2.31 bits per heavy atom. The van der Waals surface area contributed by atoms with Gasteiger partial charge in [0.2, 0.25) is 0 Å². The standard InChI is InChI=1S/C7H6ClFO3S/c8-7-3-6(9)2-1-5(7)4-12-13(10)11/h1-3H,4H2,(H,10,11)/p-1. The molecule has 1 aromatic rings. The Morgan fingerprint density at radius 3 is 2.85 bits per heavy atom. The maximum atomic E-state index is 12.5. The summed E-state index contributed by atoms with van der Waals surface area (Å²) in [6.45, 7) is -0.185. The van der Waals surface area contributed by atoms with E-state index in [1.54, 1.807) is 0 Å². The van der Waals surface area contributed by atoms with Crippen molar-refractivity contribution in [1.82, 2.24) is 0 Å². The zero-order valence-electron chi connectivity index (χ0n) is 6.33. The largest absolute Gasteiger partial charge is 0.750 e. The van der Waals surface area contributed by atoms with Gasteiger partial charge in [-0.25, -0.2) is 8.60 Å². The lowest BCUT2D eigenvalue weighted by Crippen LogP contribution is -1.96. The molecular formula is C7H5ClFO3S-. The lowest BCUT2D eigenvalue weighted by atomic mass is 10.2. The molecule has 1 aromatic carbocycles. The Labute approximate surface area is 82.0 Å². The predicted octanol–water partition coefficient (Wildman–Crippen LogP) is 1.79. The molecule has 6 heteroatoms. The van der Waals surface area contributed by atoms with E-state index < -0.39 is 17.2 Å². The Balaban J connectivity index is 2.72. The van der Waals surface area contributed by atoms with Crippen molar-refractivity contribution in [2.24, 2.45) is 0 Å². The fourth-order valence-electron chi connectivity index (χ4n) is 0.750. The highest BCUT2D eigenvalue weighted by Gasteiger charge is 2.01. The number of benzene rings is 1. The molecule has 13 heavy (non-hydrogen) atoms. The Kier molecular flexibility index (Phi) is 3.80. The Bertz CT molecular complexity index is 332. The van der Waals surface area contributed by atoms with Crippen LogP contribution < -0.4 is 0 Å². The molecule has 1 unspecified atom stereocenters. The lowest BCUT2D eigenvalue weighted by molar-refractivity contribution is 0.291. The Hall–Kier alpha value is -0.490. The predicted molar refractivity (Wildman–Crippen MR) is 45.1 cm³/mol. The van der Waals surface area contributed by atoms with Crippen LogP contribution in [0, 0.1) is 5.82 Å². The van der Waals surface area contributed by atoms with Crippen LogP contribution in [0.2, 0.25) is 5.02 Å². The summed E-state index contributed by atoms with van der Waals surface area (Å²) in [6, 6.07) is 3.64.